The fourth-order valence-electron chi connectivity index (χ4n) is 2.60. The predicted octanol–water partition coefficient (Wildman–Crippen LogP) is 2.96. The molecule has 4 N–H and O–H groups in total. The van der Waals surface area contributed by atoms with Gasteiger partial charge < -0.3 is 16.2 Å². The molecule has 0 aromatic heterocycles. The highest BCUT2D eigenvalue weighted by atomic mass is 16.4. The van der Waals surface area contributed by atoms with Gasteiger partial charge in [0.1, 0.15) is 0 Å². The minimum Gasteiger partial charge on any atom is -0.478 e. The topological polar surface area (TPSA) is 75.3 Å². The maximum Gasteiger partial charge on any atom is 0.335 e. The summed E-state index contributed by atoms with van der Waals surface area (Å²) in [5.41, 5.74) is 7.73. The number of carboxylic acid groups (broad SMARTS) is 1. The standard InChI is InChI=1S/C14H20N2O2/c1-14(2)7-3-4-12(14)16-11-8-9(13(17)18)5-6-10(11)15/h5-6,8,12,16H,3-4,7,15H2,1-2H3,(H,17,18). The Hall–Kier alpha value is -1.71. The van der Waals surface area contributed by atoms with Gasteiger partial charge in [-0.25, -0.2) is 4.79 Å². The first kappa shape index (κ1) is 12.7. The summed E-state index contributed by atoms with van der Waals surface area (Å²) >= 11 is 0. The predicted molar refractivity (Wildman–Crippen MR) is 72.9 cm³/mol. The molecule has 1 unspecified atom stereocenters. The molecular formula is C14H20N2O2. The van der Waals surface area contributed by atoms with Gasteiger partial charge in [0.2, 0.25) is 0 Å². The van der Waals surface area contributed by atoms with Gasteiger partial charge in [0, 0.05) is 6.04 Å². The third-order valence-corrected chi connectivity index (χ3v) is 3.89. The first-order valence-corrected chi connectivity index (χ1v) is 6.29. The zero-order valence-electron chi connectivity index (χ0n) is 10.9. The quantitative estimate of drug-likeness (QED) is 0.719. The molecule has 0 aliphatic heterocycles. The van der Waals surface area contributed by atoms with Crippen LogP contribution in [0.1, 0.15) is 43.5 Å². The molecule has 1 aliphatic carbocycles. The van der Waals surface area contributed by atoms with E-state index in [-0.39, 0.29) is 11.0 Å². The molecule has 0 radical (unpaired) electrons. The number of carbonyl (C=O) groups is 1. The van der Waals surface area contributed by atoms with E-state index in [9.17, 15) is 4.79 Å². The molecule has 0 bridgehead atoms. The van der Waals surface area contributed by atoms with Crippen molar-refractivity contribution in [1.82, 2.24) is 0 Å². The van der Waals surface area contributed by atoms with Gasteiger partial charge in [-0.15, -0.1) is 0 Å². The molecule has 0 amide bonds. The lowest BCUT2D eigenvalue weighted by molar-refractivity contribution is 0.0697. The number of hydrogen-bond donors (Lipinski definition) is 3. The molecule has 4 heteroatoms. The van der Waals surface area contributed by atoms with Crippen molar-refractivity contribution in [2.24, 2.45) is 5.41 Å². The normalized spacial score (nSPS) is 21.8. The number of nitrogens with two attached hydrogens (primary N) is 1. The third kappa shape index (κ3) is 2.42. The van der Waals surface area contributed by atoms with E-state index in [1.807, 2.05) is 0 Å². The van der Waals surface area contributed by atoms with E-state index >= 15 is 0 Å². The monoisotopic (exact) mass is 248 g/mol. The lowest BCUT2D eigenvalue weighted by atomic mass is 9.87. The van der Waals surface area contributed by atoms with Gasteiger partial charge >= 0.3 is 5.97 Å². The summed E-state index contributed by atoms with van der Waals surface area (Å²) < 4.78 is 0. The third-order valence-electron chi connectivity index (χ3n) is 3.89. The van der Waals surface area contributed by atoms with Gasteiger partial charge in [-0.05, 0) is 36.5 Å². The lowest BCUT2D eigenvalue weighted by Gasteiger charge is -2.29. The molecule has 1 aliphatic rings. The zero-order chi connectivity index (χ0) is 13.3. The zero-order valence-corrected chi connectivity index (χ0v) is 10.9. The smallest absolute Gasteiger partial charge is 0.335 e. The molecule has 0 heterocycles. The number of hydrogen-bond acceptors (Lipinski definition) is 3. The van der Waals surface area contributed by atoms with Crippen LogP contribution in [-0.2, 0) is 0 Å². The maximum atomic E-state index is 11.0. The van der Waals surface area contributed by atoms with Crippen LogP contribution in [0.25, 0.3) is 0 Å². The molecule has 0 saturated heterocycles. The van der Waals surface area contributed by atoms with Crippen LogP contribution in [0.15, 0.2) is 18.2 Å². The maximum absolute atomic E-state index is 11.0. The fraction of sp³-hybridized carbons (Fsp3) is 0.500. The highest BCUT2D eigenvalue weighted by Gasteiger charge is 2.34. The summed E-state index contributed by atoms with van der Waals surface area (Å²) in [7, 11) is 0. The molecule has 1 atom stereocenters. The van der Waals surface area contributed by atoms with Crippen LogP contribution < -0.4 is 11.1 Å². The van der Waals surface area contributed by atoms with Gasteiger partial charge in [-0.3, -0.25) is 0 Å². The average molecular weight is 248 g/mol. The van der Waals surface area contributed by atoms with Gasteiger partial charge in [0.15, 0.2) is 0 Å². The van der Waals surface area contributed by atoms with E-state index < -0.39 is 5.97 Å². The summed E-state index contributed by atoms with van der Waals surface area (Å²) in [6.07, 6.45) is 3.48. The van der Waals surface area contributed by atoms with Crippen LogP contribution in [0.5, 0.6) is 0 Å². The lowest BCUT2D eigenvalue weighted by Crippen LogP contribution is -2.31. The molecular weight excluding hydrogens is 228 g/mol. The Kier molecular flexibility index (Phi) is 3.20. The first-order valence-electron chi connectivity index (χ1n) is 6.29. The van der Waals surface area contributed by atoms with Crippen molar-refractivity contribution in [3.8, 4) is 0 Å². The summed E-state index contributed by atoms with van der Waals surface area (Å²) in [5.74, 6) is -0.927. The van der Waals surface area contributed by atoms with Crippen LogP contribution in [-0.4, -0.2) is 17.1 Å². The Bertz CT molecular complexity index is 469. The number of nitrogen functional groups attached to an aromatic ring is 1. The average Bonchev–Trinajstić information content (AvgIpc) is 2.61. The van der Waals surface area contributed by atoms with Gasteiger partial charge in [-0.2, -0.15) is 0 Å². The summed E-state index contributed by atoms with van der Waals surface area (Å²) in [6, 6.07) is 5.14. The van der Waals surface area contributed by atoms with Crippen LogP contribution in [0, 0.1) is 5.41 Å². The Balaban J connectivity index is 2.23. The fourth-order valence-corrected chi connectivity index (χ4v) is 2.60. The summed E-state index contributed by atoms with van der Waals surface area (Å²) in [4.78, 5) is 11.0. The largest absolute Gasteiger partial charge is 0.478 e. The number of carboxylic acids is 1. The van der Waals surface area contributed by atoms with E-state index in [1.54, 1.807) is 12.1 Å². The van der Waals surface area contributed by atoms with E-state index in [4.69, 9.17) is 10.8 Å². The second kappa shape index (κ2) is 4.52. The Morgan fingerprint density at radius 1 is 1.50 bits per heavy atom. The molecule has 1 aromatic rings. The first-order chi connectivity index (χ1) is 8.40. The van der Waals surface area contributed by atoms with E-state index in [1.165, 1.54) is 18.9 Å². The molecule has 0 spiro atoms. The van der Waals surface area contributed by atoms with Crippen molar-refractivity contribution < 1.29 is 9.90 Å². The SMILES string of the molecule is CC1(C)CCCC1Nc1cc(C(=O)O)ccc1N. The van der Waals surface area contributed by atoms with Crippen molar-refractivity contribution in [1.29, 1.82) is 0 Å². The van der Waals surface area contributed by atoms with Gasteiger partial charge in [0.25, 0.3) is 0 Å². The van der Waals surface area contributed by atoms with E-state index in [2.05, 4.69) is 19.2 Å². The van der Waals surface area contributed by atoms with Crippen LogP contribution in [0.4, 0.5) is 11.4 Å². The van der Waals surface area contributed by atoms with Gasteiger partial charge in [0.05, 0.1) is 16.9 Å². The number of aromatic carboxylic acids is 1. The number of anilines is 2. The second-order valence-electron chi connectivity index (χ2n) is 5.68. The minimum absolute atomic E-state index is 0.228. The van der Waals surface area contributed by atoms with Crippen LogP contribution in [0.3, 0.4) is 0 Å². The van der Waals surface area contributed by atoms with Crippen molar-refractivity contribution in [3.63, 3.8) is 0 Å². The Labute approximate surface area is 107 Å². The van der Waals surface area contributed by atoms with Crippen molar-refractivity contribution in [2.45, 2.75) is 39.2 Å². The second-order valence-corrected chi connectivity index (χ2v) is 5.68. The van der Waals surface area contributed by atoms with E-state index in [0.29, 0.717) is 11.7 Å². The molecule has 18 heavy (non-hydrogen) atoms. The van der Waals surface area contributed by atoms with Gasteiger partial charge in [-0.1, -0.05) is 20.3 Å². The highest BCUT2D eigenvalue weighted by Crippen LogP contribution is 2.39. The van der Waals surface area contributed by atoms with Crippen LogP contribution in [0.2, 0.25) is 0 Å². The molecule has 1 saturated carbocycles. The minimum atomic E-state index is -0.927. The Morgan fingerprint density at radius 3 is 2.78 bits per heavy atom. The van der Waals surface area contributed by atoms with Crippen LogP contribution >= 0.6 is 0 Å². The summed E-state index contributed by atoms with van der Waals surface area (Å²) in [5, 5.41) is 12.4. The molecule has 98 valence electrons. The number of rotatable bonds is 3. The molecule has 2 rings (SSSR count). The molecule has 1 aromatic carbocycles. The summed E-state index contributed by atoms with van der Waals surface area (Å²) in [6.45, 7) is 4.46. The Morgan fingerprint density at radius 2 is 2.22 bits per heavy atom. The van der Waals surface area contributed by atoms with Crippen molar-refractivity contribution >= 4 is 17.3 Å². The van der Waals surface area contributed by atoms with Crippen molar-refractivity contribution in [2.75, 3.05) is 11.1 Å². The number of nitrogens with one attached hydrogen (secondary N) is 1. The molecule has 1 fully saturated rings. The highest BCUT2D eigenvalue weighted by molar-refractivity contribution is 5.90. The van der Waals surface area contributed by atoms with Crippen molar-refractivity contribution in [3.05, 3.63) is 23.8 Å². The number of benzene rings is 1. The molecule has 4 nitrogen and oxygen atoms in total. The van der Waals surface area contributed by atoms with E-state index in [0.717, 1.165) is 12.1 Å².